The van der Waals surface area contributed by atoms with Crippen molar-refractivity contribution in [3.63, 3.8) is 0 Å². The Balaban J connectivity index is 2.17. The van der Waals surface area contributed by atoms with Crippen molar-refractivity contribution in [2.45, 2.75) is 19.5 Å². The van der Waals surface area contributed by atoms with Crippen molar-refractivity contribution in [3.05, 3.63) is 58.1 Å². The number of benzene rings is 2. The lowest BCUT2D eigenvalue weighted by Gasteiger charge is -2.21. The summed E-state index contributed by atoms with van der Waals surface area (Å²) in [4.78, 5) is 2.09. The second kappa shape index (κ2) is 6.29. The van der Waals surface area contributed by atoms with Gasteiger partial charge in [-0.05, 0) is 30.7 Å². The van der Waals surface area contributed by atoms with Crippen LogP contribution in [-0.4, -0.2) is 12.2 Å². The van der Waals surface area contributed by atoms with E-state index in [1.807, 2.05) is 38.2 Å². The molecular formula is C16H19BrN2O. The predicted molar refractivity (Wildman–Crippen MR) is 87.0 cm³/mol. The Hall–Kier alpha value is -1.52. The van der Waals surface area contributed by atoms with Gasteiger partial charge in [-0.15, -0.1) is 0 Å². The van der Waals surface area contributed by atoms with Crippen LogP contribution < -0.4 is 10.6 Å². The van der Waals surface area contributed by atoms with Gasteiger partial charge in [-0.2, -0.15) is 0 Å². The first-order valence-electron chi connectivity index (χ1n) is 6.51. The summed E-state index contributed by atoms with van der Waals surface area (Å²) in [6.45, 7) is 2.64. The first-order valence-corrected chi connectivity index (χ1v) is 7.30. The Kier molecular flexibility index (Phi) is 4.68. The van der Waals surface area contributed by atoms with Crippen molar-refractivity contribution in [2.24, 2.45) is 5.73 Å². The van der Waals surface area contributed by atoms with Gasteiger partial charge in [0.2, 0.25) is 0 Å². The number of halogens is 1. The summed E-state index contributed by atoms with van der Waals surface area (Å²) in [5.41, 5.74) is 8.74. The van der Waals surface area contributed by atoms with Crippen LogP contribution in [0, 0.1) is 0 Å². The molecule has 0 heterocycles. The van der Waals surface area contributed by atoms with Crippen molar-refractivity contribution in [1.82, 2.24) is 0 Å². The molecule has 0 aliphatic rings. The number of nitrogens with two attached hydrogens (primary N) is 1. The fraction of sp³-hybridized carbons (Fsp3) is 0.250. The van der Waals surface area contributed by atoms with E-state index in [2.05, 4.69) is 33.0 Å². The van der Waals surface area contributed by atoms with E-state index in [4.69, 9.17) is 5.73 Å². The van der Waals surface area contributed by atoms with Crippen LogP contribution in [-0.2, 0) is 6.54 Å². The van der Waals surface area contributed by atoms with Gasteiger partial charge < -0.3 is 15.7 Å². The summed E-state index contributed by atoms with van der Waals surface area (Å²) in [5, 5.41) is 10.0. The third-order valence-electron chi connectivity index (χ3n) is 3.25. The van der Waals surface area contributed by atoms with Gasteiger partial charge >= 0.3 is 0 Å². The van der Waals surface area contributed by atoms with Crippen LogP contribution in [0.1, 0.15) is 24.1 Å². The molecule has 0 bridgehead atoms. The van der Waals surface area contributed by atoms with Gasteiger partial charge in [0, 0.05) is 41.4 Å². The lowest BCUT2D eigenvalue weighted by atomic mass is 10.1. The summed E-state index contributed by atoms with van der Waals surface area (Å²) in [5.74, 6) is 0.249. The molecule has 3 nitrogen and oxygen atoms in total. The minimum atomic E-state index is -0.167. The molecule has 0 aliphatic carbocycles. The molecule has 106 valence electrons. The average Bonchev–Trinajstić information content (AvgIpc) is 2.38. The highest BCUT2D eigenvalue weighted by molar-refractivity contribution is 9.10. The van der Waals surface area contributed by atoms with Gasteiger partial charge in [0.05, 0.1) is 0 Å². The number of aromatic hydroxyl groups is 1. The SMILES string of the molecule is CC(N)c1ccc(N(C)Cc2cccc(Br)c2)cc1O. The minimum Gasteiger partial charge on any atom is -0.508 e. The monoisotopic (exact) mass is 334 g/mol. The molecule has 0 aromatic heterocycles. The molecule has 1 unspecified atom stereocenters. The quantitative estimate of drug-likeness (QED) is 0.893. The number of hydrogen-bond acceptors (Lipinski definition) is 3. The number of phenolic OH excluding ortho intramolecular Hbond substituents is 1. The van der Waals surface area contributed by atoms with Gasteiger partial charge in [-0.25, -0.2) is 0 Å². The zero-order chi connectivity index (χ0) is 14.7. The number of phenols is 1. The molecule has 3 N–H and O–H groups in total. The number of hydrogen-bond donors (Lipinski definition) is 2. The number of anilines is 1. The first kappa shape index (κ1) is 14.9. The first-order chi connectivity index (χ1) is 9.47. The molecule has 4 heteroatoms. The van der Waals surface area contributed by atoms with Crippen LogP contribution in [0.2, 0.25) is 0 Å². The zero-order valence-corrected chi connectivity index (χ0v) is 13.3. The molecular weight excluding hydrogens is 316 g/mol. The Morgan fingerprint density at radius 3 is 2.60 bits per heavy atom. The Morgan fingerprint density at radius 2 is 2.00 bits per heavy atom. The Labute approximate surface area is 128 Å². The van der Waals surface area contributed by atoms with E-state index < -0.39 is 0 Å². The summed E-state index contributed by atoms with van der Waals surface area (Å²) in [6.07, 6.45) is 0. The van der Waals surface area contributed by atoms with E-state index >= 15 is 0 Å². The fourth-order valence-corrected chi connectivity index (χ4v) is 2.60. The van der Waals surface area contributed by atoms with Gasteiger partial charge in [0.15, 0.2) is 0 Å². The van der Waals surface area contributed by atoms with Crippen LogP contribution in [0.3, 0.4) is 0 Å². The van der Waals surface area contributed by atoms with Gasteiger partial charge in [-0.1, -0.05) is 34.1 Å². The maximum atomic E-state index is 10.0. The maximum absolute atomic E-state index is 10.0. The average molecular weight is 335 g/mol. The van der Waals surface area contributed by atoms with Gasteiger partial charge in [0.25, 0.3) is 0 Å². The van der Waals surface area contributed by atoms with E-state index in [1.54, 1.807) is 6.07 Å². The lowest BCUT2D eigenvalue weighted by Crippen LogP contribution is -2.16. The molecule has 2 aromatic carbocycles. The van der Waals surface area contributed by atoms with Crippen LogP contribution in [0.5, 0.6) is 5.75 Å². The van der Waals surface area contributed by atoms with Crippen molar-refractivity contribution in [2.75, 3.05) is 11.9 Å². The standard InChI is InChI=1S/C16H19BrN2O/c1-11(18)15-7-6-14(9-16(15)20)19(2)10-12-4-3-5-13(17)8-12/h3-9,11,20H,10,18H2,1-2H3. The second-order valence-corrected chi connectivity index (χ2v) is 5.93. The minimum absolute atomic E-state index is 0.167. The van der Waals surface area contributed by atoms with Crippen molar-refractivity contribution >= 4 is 21.6 Å². The van der Waals surface area contributed by atoms with Crippen LogP contribution in [0.15, 0.2) is 46.9 Å². The summed E-state index contributed by atoms with van der Waals surface area (Å²) < 4.78 is 1.07. The fourth-order valence-electron chi connectivity index (χ4n) is 2.16. The van der Waals surface area contributed by atoms with E-state index in [9.17, 15) is 5.11 Å². The van der Waals surface area contributed by atoms with E-state index in [1.165, 1.54) is 5.56 Å². The summed E-state index contributed by atoms with van der Waals surface area (Å²) in [6, 6.07) is 13.7. The molecule has 2 rings (SSSR count). The highest BCUT2D eigenvalue weighted by Gasteiger charge is 2.09. The highest BCUT2D eigenvalue weighted by Crippen LogP contribution is 2.28. The van der Waals surface area contributed by atoms with E-state index in [-0.39, 0.29) is 11.8 Å². The number of rotatable bonds is 4. The lowest BCUT2D eigenvalue weighted by molar-refractivity contribution is 0.464. The number of nitrogens with zero attached hydrogens (tertiary/aromatic N) is 1. The van der Waals surface area contributed by atoms with Crippen LogP contribution in [0.25, 0.3) is 0 Å². The predicted octanol–water partition coefficient (Wildman–Crippen LogP) is 3.81. The van der Waals surface area contributed by atoms with Crippen LogP contribution in [0.4, 0.5) is 5.69 Å². The normalized spacial score (nSPS) is 12.2. The molecule has 0 spiro atoms. The second-order valence-electron chi connectivity index (χ2n) is 5.02. The third-order valence-corrected chi connectivity index (χ3v) is 3.75. The molecule has 2 aromatic rings. The largest absolute Gasteiger partial charge is 0.508 e. The maximum Gasteiger partial charge on any atom is 0.122 e. The molecule has 20 heavy (non-hydrogen) atoms. The molecule has 0 saturated carbocycles. The molecule has 0 aliphatic heterocycles. The van der Waals surface area contributed by atoms with Gasteiger partial charge in [0.1, 0.15) is 5.75 Å². The smallest absolute Gasteiger partial charge is 0.122 e. The molecule has 0 amide bonds. The van der Waals surface area contributed by atoms with E-state index in [0.29, 0.717) is 0 Å². The summed E-state index contributed by atoms with van der Waals surface area (Å²) in [7, 11) is 2.00. The van der Waals surface area contributed by atoms with E-state index in [0.717, 1.165) is 22.3 Å². The van der Waals surface area contributed by atoms with Gasteiger partial charge in [-0.3, -0.25) is 0 Å². The van der Waals surface area contributed by atoms with Crippen molar-refractivity contribution in [3.8, 4) is 5.75 Å². The molecule has 0 radical (unpaired) electrons. The third kappa shape index (κ3) is 3.52. The van der Waals surface area contributed by atoms with Crippen LogP contribution >= 0.6 is 15.9 Å². The van der Waals surface area contributed by atoms with Crippen molar-refractivity contribution < 1.29 is 5.11 Å². The highest BCUT2D eigenvalue weighted by atomic mass is 79.9. The molecule has 0 fully saturated rings. The Morgan fingerprint density at radius 1 is 1.25 bits per heavy atom. The molecule has 0 saturated heterocycles. The topological polar surface area (TPSA) is 49.5 Å². The Bertz CT molecular complexity index is 599. The molecule has 1 atom stereocenters. The van der Waals surface area contributed by atoms with Crippen molar-refractivity contribution in [1.29, 1.82) is 0 Å². The zero-order valence-electron chi connectivity index (χ0n) is 11.7. The summed E-state index contributed by atoms with van der Waals surface area (Å²) >= 11 is 3.47.